The molecule has 3 heterocycles. The van der Waals surface area contributed by atoms with Gasteiger partial charge in [0.05, 0.1) is 25.7 Å². The minimum atomic E-state index is -0.471. The molecule has 0 bridgehead atoms. The van der Waals surface area contributed by atoms with Gasteiger partial charge in [-0.25, -0.2) is 19.6 Å². The molecule has 12 nitrogen and oxygen atoms in total. The number of para-hydroxylation sites is 1. The fourth-order valence-corrected chi connectivity index (χ4v) is 6.57. The maximum atomic E-state index is 12.5. The van der Waals surface area contributed by atoms with E-state index in [0.717, 1.165) is 35.2 Å². The minimum Gasteiger partial charge on any atom is -0.452 e. The lowest BCUT2D eigenvalue weighted by atomic mass is 10.0. The van der Waals surface area contributed by atoms with E-state index in [1.165, 1.54) is 12.1 Å². The average molecular weight is 560 g/mol. The number of carbonyl (C=O) groups excluding carboxylic acids is 4. The standard InChI is InChI=1S/C26H37N7O5S/c1-31(32(2)26(37)38-3)15-18-14-17-8-4-5-9-20(17)33(18)13-12-23(35)30-29-22(34)11-7-6-10-21-24-19(16-39-21)27-25(36)28-24/h4-5,8-9,14,19,21,24H,6-7,10-13,15-16H2,1-3H3,(H,29,34)(H,30,35)(H2,27,28,36)/t19-,21+,24-/m0/s1. The molecular formula is C26H37N7O5S. The van der Waals surface area contributed by atoms with Crippen LogP contribution in [0, 0.1) is 0 Å². The molecule has 2 aliphatic heterocycles. The summed E-state index contributed by atoms with van der Waals surface area (Å²) in [5, 5.41) is 10.4. The molecule has 0 spiro atoms. The number of aromatic nitrogens is 1. The number of amides is 5. The topological polar surface area (TPSA) is 137 Å². The molecule has 1 aromatic heterocycles. The van der Waals surface area contributed by atoms with E-state index < -0.39 is 6.09 Å². The second-order valence-corrected chi connectivity index (χ2v) is 11.1. The number of nitrogens with one attached hydrogen (secondary N) is 4. The molecule has 1 aromatic carbocycles. The summed E-state index contributed by atoms with van der Waals surface area (Å²) in [5.41, 5.74) is 6.96. The van der Waals surface area contributed by atoms with Crippen LogP contribution >= 0.6 is 11.8 Å². The summed E-state index contributed by atoms with van der Waals surface area (Å²) in [6.45, 7) is 0.842. The highest BCUT2D eigenvalue weighted by Crippen LogP contribution is 2.33. The lowest BCUT2D eigenvalue weighted by Gasteiger charge is -2.27. The molecule has 0 aliphatic carbocycles. The average Bonchev–Trinajstić information content (AvgIpc) is 3.59. The predicted molar refractivity (Wildman–Crippen MR) is 148 cm³/mol. The summed E-state index contributed by atoms with van der Waals surface area (Å²) < 4.78 is 6.84. The number of urea groups is 1. The summed E-state index contributed by atoms with van der Waals surface area (Å²) in [6, 6.07) is 10.2. The number of fused-ring (bicyclic) bond motifs is 2. The van der Waals surface area contributed by atoms with Gasteiger partial charge in [-0.2, -0.15) is 11.8 Å². The molecule has 4 rings (SSSR count). The first-order chi connectivity index (χ1) is 18.8. The van der Waals surface area contributed by atoms with E-state index in [2.05, 4.69) is 21.5 Å². The number of thioether (sulfide) groups is 1. The van der Waals surface area contributed by atoms with Crippen molar-refractivity contribution in [2.24, 2.45) is 0 Å². The largest absolute Gasteiger partial charge is 0.452 e. The Morgan fingerprint density at radius 2 is 1.85 bits per heavy atom. The smallest absolute Gasteiger partial charge is 0.423 e. The van der Waals surface area contributed by atoms with Gasteiger partial charge in [-0.1, -0.05) is 24.6 Å². The highest BCUT2D eigenvalue weighted by molar-refractivity contribution is 8.00. The number of aryl methyl sites for hydroxylation is 1. The van der Waals surface area contributed by atoms with Crippen molar-refractivity contribution in [1.82, 2.24) is 36.1 Å². The van der Waals surface area contributed by atoms with Gasteiger partial charge in [-0.15, -0.1) is 0 Å². The molecule has 5 amide bonds. The van der Waals surface area contributed by atoms with Crippen LogP contribution in [0.2, 0.25) is 0 Å². The van der Waals surface area contributed by atoms with Gasteiger partial charge in [0, 0.05) is 55.7 Å². The number of hydrogen-bond donors (Lipinski definition) is 4. The highest BCUT2D eigenvalue weighted by Gasteiger charge is 2.42. The molecule has 2 aliphatic rings. The van der Waals surface area contributed by atoms with Gasteiger partial charge in [0.1, 0.15) is 0 Å². The molecule has 2 aromatic rings. The van der Waals surface area contributed by atoms with E-state index in [1.807, 2.05) is 46.7 Å². The van der Waals surface area contributed by atoms with Gasteiger partial charge >= 0.3 is 12.1 Å². The molecule has 4 N–H and O–H groups in total. The van der Waals surface area contributed by atoms with Gasteiger partial charge in [0.25, 0.3) is 0 Å². The van der Waals surface area contributed by atoms with Crippen molar-refractivity contribution >= 4 is 46.6 Å². The molecular weight excluding hydrogens is 522 g/mol. The molecule has 3 atom stereocenters. The van der Waals surface area contributed by atoms with Crippen molar-refractivity contribution < 1.29 is 23.9 Å². The van der Waals surface area contributed by atoms with Crippen LogP contribution in [0.3, 0.4) is 0 Å². The quantitative estimate of drug-likeness (QED) is 0.188. The molecule has 212 valence electrons. The van der Waals surface area contributed by atoms with Gasteiger partial charge in [-0.05, 0) is 30.4 Å². The first-order valence-electron chi connectivity index (χ1n) is 13.1. The number of carbonyl (C=O) groups is 4. The lowest BCUT2D eigenvalue weighted by molar-refractivity contribution is -0.129. The first kappa shape index (κ1) is 28.6. The number of benzene rings is 1. The van der Waals surface area contributed by atoms with Crippen LogP contribution < -0.4 is 21.5 Å². The van der Waals surface area contributed by atoms with Crippen LogP contribution in [0.4, 0.5) is 9.59 Å². The van der Waals surface area contributed by atoms with E-state index in [0.29, 0.717) is 31.2 Å². The Kier molecular flexibility index (Phi) is 9.57. The van der Waals surface area contributed by atoms with Crippen LogP contribution in [0.1, 0.15) is 37.8 Å². The van der Waals surface area contributed by atoms with Gasteiger partial charge in [-0.3, -0.25) is 20.4 Å². The number of rotatable bonds is 11. The van der Waals surface area contributed by atoms with Crippen molar-refractivity contribution in [1.29, 1.82) is 0 Å². The van der Waals surface area contributed by atoms with Crippen molar-refractivity contribution in [2.75, 3.05) is 27.0 Å². The van der Waals surface area contributed by atoms with Crippen molar-refractivity contribution in [3.8, 4) is 0 Å². The Morgan fingerprint density at radius 1 is 1.10 bits per heavy atom. The van der Waals surface area contributed by atoms with Crippen LogP contribution in [-0.4, -0.2) is 82.8 Å². The van der Waals surface area contributed by atoms with Crippen LogP contribution in [0.25, 0.3) is 10.9 Å². The maximum Gasteiger partial charge on any atom is 0.423 e. The van der Waals surface area contributed by atoms with E-state index >= 15 is 0 Å². The Hall–Kier alpha value is -3.45. The number of unbranched alkanes of at least 4 members (excludes halogenated alkanes) is 1. The highest BCUT2D eigenvalue weighted by atomic mass is 32.2. The zero-order chi connectivity index (χ0) is 27.9. The van der Waals surface area contributed by atoms with Crippen LogP contribution in [0.5, 0.6) is 0 Å². The van der Waals surface area contributed by atoms with Gasteiger partial charge < -0.3 is 19.9 Å². The van der Waals surface area contributed by atoms with E-state index in [4.69, 9.17) is 4.74 Å². The number of methoxy groups -OCH3 is 1. The second kappa shape index (κ2) is 13.1. The van der Waals surface area contributed by atoms with Crippen molar-refractivity contribution in [3.05, 3.63) is 36.0 Å². The fourth-order valence-electron chi connectivity index (χ4n) is 5.03. The third kappa shape index (κ3) is 7.15. The van der Waals surface area contributed by atoms with Gasteiger partial charge in [0.15, 0.2) is 0 Å². The lowest BCUT2D eigenvalue weighted by Crippen LogP contribution is -2.42. The Bertz CT molecular complexity index is 1200. The molecule has 2 fully saturated rings. The van der Waals surface area contributed by atoms with Crippen molar-refractivity contribution in [2.45, 2.75) is 62.5 Å². The Labute approximate surface area is 232 Å². The summed E-state index contributed by atoms with van der Waals surface area (Å²) in [7, 11) is 4.75. The summed E-state index contributed by atoms with van der Waals surface area (Å²) >= 11 is 1.86. The minimum absolute atomic E-state index is 0.0925. The molecule has 0 radical (unpaired) electrons. The third-order valence-corrected chi connectivity index (χ3v) is 8.73. The third-order valence-electron chi connectivity index (χ3n) is 7.22. The Morgan fingerprint density at radius 3 is 2.62 bits per heavy atom. The second-order valence-electron chi connectivity index (χ2n) is 9.87. The molecule has 39 heavy (non-hydrogen) atoms. The van der Waals surface area contributed by atoms with Gasteiger partial charge in [0.2, 0.25) is 11.8 Å². The number of ether oxygens (including phenoxy) is 1. The Balaban J connectivity index is 1.20. The van der Waals surface area contributed by atoms with Crippen molar-refractivity contribution in [3.63, 3.8) is 0 Å². The normalized spacial score (nSPS) is 19.9. The predicted octanol–water partition coefficient (Wildman–Crippen LogP) is 1.95. The number of hydrogen-bond acceptors (Lipinski definition) is 7. The fraction of sp³-hybridized carbons (Fsp3) is 0.538. The van der Waals surface area contributed by atoms with Crippen LogP contribution in [-0.2, 0) is 27.4 Å². The maximum absolute atomic E-state index is 12.5. The molecule has 0 unspecified atom stereocenters. The molecule has 13 heteroatoms. The zero-order valence-electron chi connectivity index (χ0n) is 22.6. The number of hydrazine groups is 2. The van der Waals surface area contributed by atoms with Crippen LogP contribution in [0.15, 0.2) is 30.3 Å². The zero-order valence-corrected chi connectivity index (χ0v) is 23.4. The summed E-state index contributed by atoms with van der Waals surface area (Å²) in [6.07, 6.45) is 2.55. The SMILES string of the molecule is COC(=O)N(C)N(C)Cc1cc2ccccc2n1CCC(=O)NNC(=O)CCCC[C@H]1SC[C@@H]2NC(=O)N[C@@H]21. The van der Waals surface area contributed by atoms with E-state index in [1.54, 1.807) is 19.1 Å². The van der Waals surface area contributed by atoms with E-state index in [-0.39, 0.29) is 36.3 Å². The molecule has 2 saturated heterocycles. The monoisotopic (exact) mass is 559 g/mol. The first-order valence-corrected chi connectivity index (χ1v) is 14.2. The summed E-state index contributed by atoms with van der Waals surface area (Å²) in [4.78, 5) is 48.2. The summed E-state index contributed by atoms with van der Waals surface area (Å²) in [5.74, 6) is 0.406. The molecule has 0 saturated carbocycles. The number of nitrogens with zero attached hydrogens (tertiary/aromatic N) is 3. The van der Waals surface area contributed by atoms with E-state index in [9.17, 15) is 19.2 Å².